The fourth-order valence-corrected chi connectivity index (χ4v) is 6.23. The van der Waals surface area contributed by atoms with Crippen LogP contribution in [0.4, 0.5) is 5.13 Å². The lowest BCUT2D eigenvalue weighted by atomic mass is 10.2. The molecule has 3 aromatic rings. The maximum Gasteiger partial charge on any atom is 0.244 e. The standard InChI is InChI=1S/C21H19Cl2N3O3S2/c1-13-4-7-15(8-5-13)31(28,29)26-10-2-3-19(26)20(27)25-21-24-18(12-30-21)16-11-14(22)6-9-17(16)23/h4-9,11-12,19H,2-3,10H2,1H3,(H,24,25,27). The van der Waals surface area contributed by atoms with Crippen molar-refractivity contribution in [2.75, 3.05) is 11.9 Å². The molecule has 6 nitrogen and oxygen atoms in total. The summed E-state index contributed by atoms with van der Waals surface area (Å²) in [7, 11) is -3.77. The zero-order valence-corrected chi connectivity index (χ0v) is 19.7. The Morgan fingerprint density at radius 2 is 1.94 bits per heavy atom. The Morgan fingerprint density at radius 3 is 2.68 bits per heavy atom. The van der Waals surface area contributed by atoms with Crippen LogP contribution in [0.2, 0.25) is 10.0 Å². The van der Waals surface area contributed by atoms with Crippen molar-refractivity contribution in [1.29, 1.82) is 0 Å². The van der Waals surface area contributed by atoms with Crippen molar-refractivity contribution in [1.82, 2.24) is 9.29 Å². The molecule has 10 heteroatoms. The fourth-order valence-electron chi connectivity index (χ4n) is 3.47. The second kappa shape index (κ2) is 8.88. The molecule has 0 spiro atoms. The highest BCUT2D eigenvalue weighted by Gasteiger charge is 2.39. The first-order valence-electron chi connectivity index (χ1n) is 9.56. The summed E-state index contributed by atoms with van der Waals surface area (Å²) in [4.78, 5) is 17.5. The number of hydrogen-bond donors (Lipinski definition) is 1. The smallest absolute Gasteiger partial charge is 0.244 e. The minimum absolute atomic E-state index is 0.185. The van der Waals surface area contributed by atoms with E-state index in [0.29, 0.717) is 45.8 Å². The predicted molar refractivity (Wildman–Crippen MR) is 124 cm³/mol. The number of aryl methyl sites for hydroxylation is 1. The van der Waals surface area contributed by atoms with E-state index in [1.807, 2.05) is 6.92 Å². The summed E-state index contributed by atoms with van der Waals surface area (Å²) in [6.07, 6.45) is 1.07. The molecule has 1 saturated heterocycles. The summed E-state index contributed by atoms with van der Waals surface area (Å²) in [6, 6.07) is 10.9. The van der Waals surface area contributed by atoms with E-state index in [9.17, 15) is 13.2 Å². The van der Waals surface area contributed by atoms with Gasteiger partial charge in [-0.3, -0.25) is 4.79 Å². The molecule has 1 N–H and O–H groups in total. The van der Waals surface area contributed by atoms with Crippen LogP contribution in [0, 0.1) is 6.92 Å². The van der Waals surface area contributed by atoms with E-state index in [1.54, 1.807) is 47.8 Å². The van der Waals surface area contributed by atoms with Crippen molar-refractivity contribution in [3.63, 3.8) is 0 Å². The molecule has 1 aromatic heterocycles. The molecule has 1 aliphatic heterocycles. The maximum atomic E-state index is 13.1. The number of sulfonamides is 1. The highest BCUT2D eigenvalue weighted by atomic mass is 35.5. The molecule has 1 aliphatic rings. The van der Waals surface area contributed by atoms with Gasteiger partial charge in [0.25, 0.3) is 0 Å². The van der Waals surface area contributed by atoms with Gasteiger partial charge in [0.05, 0.1) is 15.6 Å². The van der Waals surface area contributed by atoms with Crippen LogP contribution in [0.25, 0.3) is 11.3 Å². The molecular weight excluding hydrogens is 477 g/mol. The number of nitrogens with zero attached hydrogens (tertiary/aromatic N) is 2. The monoisotopic (exact) mass is 495 g/mol. The van der Waals surface area contributed by atoms with E-state index in [-0.39, 0.29) is 4.90 Å². The summed E-state index contributed by atoms with van der Waals surface area (Å²) >= 11 is 13.5. The lowest BCUT2D eigenvalue weighted by Crippen LogP contribution is -2.43. The molecule has 2 heterocycles. The van der Waals surface area contributed by atoms with Gasteiger partial charge in [0.2, 0.25) is 15.9 Å². The van der Waals surface area contributed by atoms with Crippen molar-refractivity contribution in [2.24, 2.45) is 0 Å². The predicted octanol–water partition coefficient (Wildman–Crippen LogP) is 5.22. The number of hydrogen-bond acceptors (Lipinski definition) is 5. The average Bonchev–Trinajstić information content (AvgIpc) is 3.40. The molecule has 1 unspecified atom stereocenters. The first-order valence-corrected chi connectivity index (χ1v) is 12.6. The average molecular weight is 496 g/mol. The number of halogens is 2. The SMILES string of the molecule is Cc1ccc(S(=O)(=O)N2CCCC2C(=O)Nc2nc(-c3cc(Cl)ccc3Cl)cs2)cc1. The summed E-state index contributed by atoms with van der Waals surface area (Å²) in [6.45, 7) is 2.19. The first kappa shape index (κ1) is 22.2. The number of benzene rings is 2. The number of aromatic nitrogens is 1. The van der Waals surface area contributed by atoms with Crippen LogP contribution >= 0.6 is 34.5 Å². The second-order valence-electron chi connectivity index (χ2n) is 7.24. The molecule has 0 radical (unpaired) electrons. The van der Waals surface area contributed by atoms with Crippen molar-refractivity contribution in [3.05, 3.63) is 63.5 Å². The van der Waals surface area contributed by atoms with E-state index >= 15 is 0 Å². The van der Waals surface area contributed by atoms with E-state index in [4.69, 9.17) is 23.2 Å². The van der Waals surface area contributed by atoms with Gasteiger partial charge < -0.3 is 5.32 Å². The highest BCUT2D eigenvalue weighted by Crippen LogP contribution is 2.33. The number of nitrogens with one attached hydrogen (secondary N) is 1. The van der Waals surface area contributed by atoms with Gasteiger partial charge in [-0.15, -0.1) is 11.3 Å². The molecule has 4 rings (SSSR count). The Kier molecular flexibility index (Phi) is 6.37. The molecule has 2 aromatic carbocycles. The number of amides is 1. The molecule has 31 heavy (non-hydrogen) atoms. The van der Waals surface area contributed by atoms with E-state index in [2.05, 4.69) is 10.3 Å². The number of carbonyl (C=O) groups excluding carboxylic acids is 1. The topological polar surface area (TPSA) is 79.4 Å². The van der Waals surface area contributed by atoms with E-state index in [0.717, 1.165) is 5.56 Å². The van der Waals surface area contributed by atoms with Gasteiger partial charge in [-0.1, -0.05) is 40.9 Å². The molecule has 0 saturated carbocycles. The van der Waals surface area contributed by atoms with Crippen LogP contribution in [-0.2, 0) is 14.8 Å². The lowest BCUT2D eigenvalue weighted by molar-refractivity contribution is -0.119. The van der Waals surface area contributed by atoms with Crippen LogP contribution < -0.4 is 5.32 Å². The van der Waals surface area contributed by atoms with Crippen LogP contribution in [0.3, 0.4) is 0 Å². The molecule has 1 fully saturated rings. The molecule has 0 aliphatic carbocycles. The third-order valence-corrected chi connectivity index (χ3v) is 8.32. The van der Waals surface area contributed by atoms with Gasteiger partial charge in [-0.05, 0) is 50.1 Å². The Bertz CT molecular complexity index is 1230. The lowest BCUT2D eigenvalue weighted by Gasteiger charge is -2.23. The molecular formula is C21H19Cl2N3O3S2. The zero-order chi connectivity index (χ0) is 22.2. The second-order valence-corrected chi connectivity index (χ2v) is 10.8. The fraction of sp³-hybridized carbons (Fsp3) is 0.238. The molecule has 162 valence electrons. The van der Waals surface area contributed by atoms with Gasteiger partial charge >= 0.3 is 0 Å². The Morgan fingerprint density at radius 1 is 1.19 bits per heavy atom. The minimum atomic E-state index is -3.77. The van der Waals surface area contributed by atoms with Crippen molar-refractivity contribution < 1.29 is 13.2 Å². The third kappa shape index (κ3) is 4.63. The van der Waals surface area contributed by atoms with Gasteiger partial charge in [0.1, 0.15) is 6.04 Å². The molecule has 0 bridgehead atoms. The van der Waals surface area contributed by atoms with Crippen LogP contribution in [0.5, 0.6) is 0 Å². The van der Waals surface area contributed by atoms with Gasteiger partial charge in [-0.25, -0.2) is 13.4 Å². The van der Waals surface area contributed by atoms with Crippen molar-refractivity contribution >= 4 is 55.6 Å². The first-order chi connectivity index (χ1) is 14.8. The van der Waals surface area contributed by atoms with E-state index in [1.165, 1.54) is 15.6 Å². The summed E-state index contributed by atoms with van der Waals surface area (Å²) in [5, 5.41) is 5.92. The summed E-state index contributed by atoms with van der Waals surface area (Å²) in [5.74, 6) is -0.397. The summed E-state index contributed by atoms with van der Waals surface area (Å²) in [5.41, 5.74) is 2.22. The summed E-state index contributed by atoms with van der Waals surface area (Å²) < 4.78 is 27.4. The van der Waals surface area contributed by atoms with Crippen LogP contribution in [0.15, 0.2) is 52.7 Å². The van der Waals surface area contributed by atoms with Crippen LogP contribution in [-0.4, -0.2) is 36.2 Å². The minimum Gasteiger partial charge on any atom is -0.301 e. The van der Waals surface area contributed by atoms with Crippen molar-refractivity contribution in [2.45, 2.75) is 30.7 Å². The normalized spacial score (nSPS) is 17.1. The third-order valence-electron chi connectivity index (χ3n) is 5.07. The quantitative estimate of drug-likeness (QED) is 0.526. The van der Waals surface area contributed by atoms with Gasteiger partial charge in [0, 0.05) is 22.5 Å². The number of carbonyl (C=O) groups is 1. The van der Waals surface area contributed by atoms with Gasteiger partial charge in [-0.2, -0.15) is 4.31 Å². The van der Waals surface area contributed by atoms with Gasteiger partial charge in [0.15, 0.2) is 5.13 Å². The Balaban J connectivity index is 1.53. The molecule has 1 atom stereocenters. The highest BCUT2D eigenvalue weighted by molar-refractivity contribution is 7.89. The number of thiazole rings is 1. The number of anilines is 1. The maximum absolute atomic E-state index is 13.1. The van der Waals surface area contributed by atoms with Crippen molar-refractivity contribution in [3.8, 4) is 11.3 Å². The van der Waals surface area contributed by atoms with Crippen LogP contribution in [0.1, 0.15) is 18.4 Å². The number of rotatable bonds is 5. The molecule has 1 amide bonds. The zero-order valence-electron chi connectivity index (χ0n) is 16.5. The Hall–Kier alpha value is -1.97. The Labute approximate surface area is 194 Å². The largest absolute Gasteiger partial charge is 0.301 e. The van der Waals surface area contributed by atoms with E-state index < -0.39 is 22.0 Å².